The van der Waals surface area contributed by atoms with Gasteiger partial charge in [0.2, 0.25) is 11.8 Å². The summed E-state index contributed by atoms with van der Waals surface area (Å²) < 4.78 is 43.8. The number of hydrogen-bond acceptors (Lipinski definition) is 4. The quantitative estimate of drug-likeness (QED) is 0.148. The fourth-order valence-electron chi connectivity index (χ4n) is 4.80. The summed E-state index contributed by atoms with van der Waals surface area (Å²) in [7, 11) is -4.42. The van der Waals surface area contributed by atoms with E-state index in [1.807, 2.05) is 37.3 Å². The van der Waals surface area contributed by atoms with Crippen LogP contribution >= 0.6 is 23.2 Å². The van der Waals surface area contributed by atoms with Gasteiger partial charge in [-0.15, -0.1) is 0 Å². The van der Waals surface area contributed by atoms with E-state index in [1.165, 1.54) is 47.4 Å². The summed E-state index contributed by atoms with van der Waals surface area (Å²) in [6.07, 6.45) is 1.69. The molecule has 7 nitrogen and oxygen atoms in total. The third-order valence-corrected chi connectivity index (χ3v) is 9.70. The number of anilines is 1. The number of para-hydroxylation sites is 1. The van der Waals surface area contributed by atoms with Gasteiger partial charge < -0.3 is 10.2 Å². The van der Waals surface area contributed by atoms with Crippen LogP contribution in [-0.2, 0) is 32.6 Å². The van der Waals surface area contributed by atoms with E-state index in [4.69, 9.17) is 23.2 Å². The summed E-state index contributed by atoms with van der Waals surface area (Å²) in [6, 6.07) is 25.8. The summed E-state index contributed by atoms with van der Waals surface area (Å²) in [6.45, 7) is 1.38. The summed E-state index contributed by atoms with van der Waals surface area (Å²) >= 11 is 13.0. The average molecular weight is 671 g/mol. The van der Waals surface area contributed by atoms with Crippen molar-refractivity contribution in [3.8, 4) is 0 Å². The zero-order valence-corrected chi connectivity index (χ0v) is 27.0. The Morgan fingerprint density at radius 2 is 1.44 bits per heavy atom. The van der Waals surface area contributed by atoms with Gasteiger partial charge in [-0.05, 0) is 48.4 Å². The fraction of sp³-hybridized carbons (Fsp3) is 0.235. The Bertz CT molecular complexity index is 1690. The molecule has 2 amide bonds. The summed E-state index contributed by atoms with van der Waals surface area (Å²) in [4.78, 5) is 29.4. The Labute approximate surface area is 273 Å². The second-order valence-corrected chi connectivity index (χ2v) is 13.0. The maximum atomic E-state index is 15.2. The molecule has 1 unspecified atom stereocenters. The maximum Gasteiger partial charge on any atom is 0.264 e. The van der Waals surface area contributed by atoms with Crippen molar-refractivity contribution < 1.29 is 22.4 Å². The SMILES string of the molecule is CCCCNC(=O)C(Cc1ccccc1)N(Cc1c(Cl)cccc1Cl)C(=O)CN(c1ccccc1F)S(=O)(=O)c1ccccc1. The molecule has 0 aromatic heterocycles. The van der Waals surface area contributed by atoms with Crippen molar-refractivity contribution in [1.82, 2.24) is 10.2 Å². The van der Waals surface area contributed by atoms with E-state index < -0.39 is 40.2 Å². The molecule has 0 aliphatic rings. The van der Waals surface area contributed by atoms with Crippen LogP contribution in [0.1, 0.15) is 30.9 Å². The standard InChI is InChI=1S/C34H34Cl2FN3O4S/c1-2-3-21-38-34(42)32(22-25-13-6-4-7-14-25)39(23-27-28(35)17-12-18-29(27)36)33(41)24-40(31-20-11-10-19-30(31)37)45(43,44)26-15-8-5-9-16-26/h4-20,32H,2-3,21-24H2,1H3,(H,38,42). The highest BCUT2D eigenvalue weighted by molar-refractivity contribution is 7.92. The molecule has 4 rings (SSSR count). The molecule has 0 spiro atoms. The van der Waals surface area contributed by atoms with Gasteiger partial charge in [-0.2, -0.15) is 0 Å². The lowest BCUT2D eigenvalue weighted by atomic mass is 10.0. The first-order chi connectivity index (χ1) is 21.6. The van der Waals surface area contributed by atoms with E-state index in [-0.39, 0.29) is 33.6 Å². The molecule has 0 saturated heterocycles. The molecule has 0 aliphatic heterocycles. The molecule has 0 radical (unpaired) electrons. The Hall–Kier alpha value is -3.92. The minimum Gasteiger partial charge on any atom is -0.354 e. The van der Waals surface area contributed by atoms with Crippen LogP contribution in [0.5, 0.6) is 0 Å². The second-order valence-electron chi connectivity index (χ2n) is 10.3. The molecule has 1 atom stereocenters. The molecule has 1 N–H and O–H groups in total. The van der Waals surface area contributed by atoms with Gasteiger partial charge in [0.1, 0.15) is 18.4 Å². The topological polar surface area (TPSA) is 86.8 Å². The van der Waals surface area contributed by atoms with Crippen LogP contribution < -0.4 is 9.62 Å². The van der Waals surface area contributed by atoms with E-state index in [2.05, 4.69) is 5.32 Å². The summed E-state index contributed by atoms with van der Waals surface area (Å²) in [5, 5.41) is 3.46. The number of halogens is 3. The van der Waals surface area contributed by atoms with Crippen LogP contribution in [0, 0.1) is 5.82 Å². The average Bonchev–Trinajstić information content (AvgIpc) is 3.04. The van der Waals surface area contributed by atoms with Crippen molar-refractivity contribution in [2.75, 3.05) is 17.4 Å². The van der Waals surface area contributed by atoms with Gasteiger partial charge in [-0.1, -0.05) is 103 Å². The summed E-state index contributed by atoms with van der Waals surface area (Å²) in [5.74, 6) is -2.00. The zero-order chi connectivity index (χ0) is 32.4. The minimum absolute atomic E-state index is 0.123. The fourth-order valence-corrected chi connectivity index (χ4v) is 6.76. The molecule has 11 heteroatoms. The molecule has 4 aromatic rings. The first-order valence-electron chi connectivity index (χ1n) is 14.5. The molecular formula is C34H34Cl2FN3O4S. The van der Waals surface area contributed by atoms with E-state index >= 15 is 4.39 Å². The second kappa shape index (κ2) is 15.9. The van der Waals surface area contributed by atoms with Gasteiger partial charge in [0.25, 0.3) is 10.0 Å². The number of benzene rings is 4. The Kier molecular flexibility index (Phi) is 12.0. The van der Waals surface area contributed by atoms with Crippen molar-refractivity contribution in [1.29, 1.82) is 0 Å². The first kappa shape index (κ1) is 34.0. The van der Waals surface area contributed by atoms with Crippen molar-refractivity contribution >= 4 is 50.7 Å². The molecule has 4 aromatic carbocycles. The Morgan fingerprint density at radius 1 is 0.844 bits per heavy atom. The molecule has 0 aliphatic carbocycles. The van der Waals surface area contributed by atoms with Crippen LogP contribution in [0.25, 0.3) is 0 Å². The first-order valence-corrected chi connectivity index (χ1v) is 16.7. The molecule has 0 bridgehead atoms. The van der Waals surface area contributed by atoms with E-state index in [0.717, 1.165) is 28.8 Å². The zero-order valence-electron chi connectivity index (χ0n) is 24.7. The van der Waals surface area contributed by atoms with Crippen molar-refractivity contribution in [3.05, 3.63) is 130 Å². The number of nitrogens with one attached hydrogen (secondary N) is 1. The van der Waals surface area contributed by atoms with Crippen LogP contribution in [0.2, 0.25) is 10.0 Å². The predicted molar refractivity (Wildman–Crippen MR) is 176 cm³/mol. The van der Waals surface area contributed by atoms with Gasteiger partial charge in [-0.3, -0.25) is 13.9 Å². The molecule has 0 saturated carbocycles. The van der Waals surface area contributed by atoms with Gasteiger partial charge in [0.05, 0.1) is 10.6 Å². The molecular weight excluding hydrogens is 636 g/mol. The number of amides is 2. The highest BCUT2D eigenvalue weighted by Gasteiger charge is 2.35. The lowest BCUT2D eigenvalue weighted by Crippen LogP contribution is -2.53. The van der Waals surface area contributed by atoms with Gasteiger partial charge in [0.15, 0.2) is 0 Å². The number of carbonyl (C=O) groups is 2. The number of nitrogens with zero attached hydrogens (tertiary/aromatic N) is 2. The monoisotopic (exact) mass is 669 g/mol. The van der Waals surface area contributed by atoms with Crippen molar-refractivity contribution in [2.45, 2.75) is 43.7 Å². The molecule has 0 heterocycles. The molecule has 0 fully saturated rings. The highest BCUT2D eigenvalue weighted by Crippen LogP contribution is 2.30. The third-order valence-electron chi connectivity index (χ3n) is 7.22. The summed E-state index contributed by atoms with van der Waals surface area (Å²) in [5.41, 5.74) is 0.855. The van der Waals surface area contributed by atoms with Crippen LogP contribution in [0.15, 0.2) is 108 Å². The van der Waals surface area contributed by atoms with Crippen LogP contribution in [0.4, 0.5) is 10.1 Å². The minimum atomic E-state index is -4.42. The lowest BCUT2D eigenvalue weighted by molar-refractivity contribution is -0.140. The van der Waals surface area contributed by atoms with E-state index in [0.29, 0.717) is 12.1 Å². The number of unbranched alkanes of at least 4 members (excludes halogenated alkanes) is 1. The number of hydrogen-bond donors (Lipinski definition) is 1. The normalized spacial score (nSPS) is 11.9. The van der Waals surface area contributed by atoms with Crippen LogP contribution in [0.3, 0.4) is 0 Å². The van der Waals surface area contributed by atoms with E-state index in [9.17, 15) is 18.0 Å². The van der Waals surface area contributed by atoms with Gasteiger partial charge >= 0.3 is 0 Å². The van der Waals surface area contributed by atoms with Gasteiger partial charge in [-0.25, -0.2) is 12.8 Å². The maximum absolute atomic E-state index is 15.2. The predicted octanol–water partition coefficient (Wildman–Crippen LogP) is 6.88. The lowest BCUT2D eigenvalue weighted by Gasteiger charge is -2.34. The molecule has 236 valence electrons. The highest BCUT2D eigenvalue weighted by atomic mass is 35.5. The Balaban J connectivity index is 1.82. The van der Waals surface area contributed by atoms with Crippen molar-refractivity contribution in [2.24, 2.45) is 0 Å². The van der Waals surface area contributed by atoms with Crippen LogP contribution in [-0.4, -0.2) is 44.3 Å². The van der Waals surface area contributed by atoms with E-state index in [1.54, 1.807) is 24.3 Å². The number of carbonyl (C=O) groups excluding carboxylic acids is 2. The number of sulfonamides is 1. The molecule has 45 heavy (non-hydrogen) atoms. The smallest absolute Gasteiger partial charge is 0.264 e. The van der Waals surface area contributed by atoms with Crippen molar-refractivity contribution in [3.63, 3.8) is 0 Å². The third kappa shape index (κ3) is 8.63. The number of rotatable bonds is 14. The van der Waals surface area contributed by atoms with Gasteiger partial charge in [0, 0.05) is 35.1 Å². The largest absolute Gasteiger partial charge is 0.354 e. The Morgan fingerprint density at radius 3 is 2.07 bits per heavy atom.